The van der Waals surface area contributed by atoms with Crippen LogP contribution in [0.1, 0.15) is 63.0 Å². The van der Waals surface area contributed by atoms with Crippen molar-refractivity contribution in [1.82, 2.24) is 0 Å². The van der Waals surface area contributed by atoms with Crippen molar-refractivity contribution in [2.75, 3.05) is 0 Å². The van der Waals surface area contributed by atoms with Crippen molar-refractivity contribution in [2.24, 2.45) is 0 Å². The normalized spacial score (nSPS) is 20.6. The molecule has 100 valence electrons. The molecule has 1 aliphatic rings. The zero-order chi connectivity index (χ0) is 12.8. The highest BCUT2D eigenvalue weighted by atomic mass is 16.3. The van der Waals surface area contributed by atoms with Crippen LogP contribution >= 0.6 is 0 Å². The molecule has 18 heavy (non-hydrogen) atoms. The summed E-state index contributed by atoms with van der Waals surface area (Å²) in [6.45, 7) is 0. The second-order valence-corrected chi connectivity index (χ2v) is 5.60. The van der Waals surface area contributed by atoms with Gasteiger partial charge in [0.1, 0.15) is 0 Å². The Kier molecular flexibility index (Phi) is 4.79. The highest BCUT2D eigenvalue weighted by molar-refractivity contribution is 5.17. The minimum Gasteiger partial charge on any atom is -0.390 e. The summed E-state index contributed by atoms with van der Waals surface area (Å²) in [5, 5.41) is 20.4. The van der Waals surface area contributed by atoms with E-state index >= 15 is 0 Å². The van der Waals surface area contributed by atoms with Gasteiger partial charge in [-0.2, -0.15) is 0 Å². The Hall–Kier alpha value is -0.860. The summed E-state index contributed by atoms with van der Waals surface area (Å²) in [6, 6.07) is 9.78. The smallest absolute Gasteiger partial charge is 0.0790 e. The van der Waals surface area contributed by atoms with E-state index in [1.165, 1.54) is 6.42 Å². The minimum absolute atomic E-state index is 0.390. The number of hydrogen-bond donors (Lipinski definition) is 2. The van der Waals surface area contributed by atoms with Gasteiger partial charge in [0, 0.05) is 0 Å². The molecule has 1 aromatic carbocycles. The maximum Gasteiger partial charge on any atom is 0.0790 e. The molecule has 1 atom stereocenters. The van der Waals surface area contributed by atoms with Crippen molar-refractivity contribution in [3.63, 3.8) is 0 Å². The molecule has 0 bridgehead atoms. The number of rotatable bonds is 5. The van der Waals surface area contributed by atoms with Crippen LogP contribution in [0, 0.1) is 0 Å². The Morgan fingerprint density at radius 3 is 2.39 bits per heavy atom. The third-order valence-electron chi connectivity index (χ3n) is 4.09. The average molecular weight is 248 g/mol. The van der Waals surface area contributed by atoms with Crippen LogP contribution in [0.15, 0.2) is 30.3 Å². The molecule has 1 unspecified atom stereocenters. The summed E-state index contributed by atoms with van der Waals surface area (Å²) >= 11 is 0. The third-order valence-corrected chi connectivity index (χ3v) is 4.09. The van der Waals surface area contributed by atoms with Gasteiger partial charge in [-0.05, 0) is 37.7 Å². The Bertz CT molecular complexity index is 341. The van der Waals surface area contributed by atoms with Crippen molar-refractivity contribution < 1.29 is 10.2 Å². The van der Waals surface area contributed by atoms with Crippen molar-refractivity contribution >= 4 is 0 Å². The summed E-state index contributed by atoms with van der Waals surface area (Å²) in [7, 11) is 0. The molecule has 0 heterocycles. The number of hydrogen-bond acceptors (Lipinski definition) is 2. The fourth-order valence-electron chi connectivity index (χ4n) is 2.93. The van der Waals surface area contributed by atoms with E-state index in [9.17, 15) is 10.2 Å². The zero-order valence-electron chi connectivity index (χ0n) is 11.0. The van der Waals surface area contributed by atoms with Crippen LogP contribution in [0.4, 0.5) is 0 Å². The fraction of sp³-hybridized carbons (Fsp3) is 0.625. The Morgan fingerprint density at radius 1 is 1.06 bits per heavy atom. The highest BCUT2D eigenvalue weighted by Crippen LogP contribution is 2.33. The molecule has 2 N–H and O–H groups in total. The molecule has 0 aromatic heterocycles. The first-order chi connectivity index (χ1) is 8.70. The van der Waals surface area contributed by atoms with E-state index in [2.05, 4.69) is 0 Å². The molecule has 1 fully saturated rings. The van der Waals surface area contributed by atoms with Crippen molar-refractivity contribution in [3.05, 3.63) is 35.9 Å². The van der Waals surface area contributed by atoms with Gasteiger partial charge in [0.25, 0.3) is 0 Å². The lowest BCUT2D eigenvalue weighted by Gasteiger charge is -2.32. The van der Waals surface area contributed by atoms with Crippen LogP contribution in [0.2, 0.25) is 0 Å². The topological polar surface area (TPSA) is 40.5 Å². The van der Waals surface area contributed by atoms with E-state index in [0.29, 0.717) is 0 Å². The molecular weight excluding hydrogens is 224 g/mol. The summed E-state index contributed by atoms with van der Waals surface area (Å²) in [5.74, 6) is 0. The fourth-order valence-corrected chi connectivity index (χ4v) is 2.93. The average Bonchev–Trinajstić information content (AvgIpc) is 2.40. The van der Waals surface area contributed by atoms with Crippen molar-refractivity contribution in [1.29, 1.82) is 0 Å². The van der Waals surface area contributed by atoms with Gasteiger partial charge in [-0.15, -0.1) is 0 Å². The molecule has 2 nitrogen and oxygen atoms in total. The Morgan fingerprint density at radius 2 is 1.72 bits per heavy atom. The van der Waals surface area contributed by atoms with Gasteiger partial charge >= 0.3 is 0 Å². The molecule has 2 heteroatoms. The minimum atomic E-state index is -0.450. The first kappa shape index (κ1) is 13.6. The Labute approximate surface area is 110 Å². The zero-order valence-corrected chi connectivity index (χ0v) is 11.0. The lowest BCUT2D eigenvalue weighted by atomic mass is 9.81. The number of benzene rings is 1. The second-order valence-electron chi connectivity index (χ2n) is 5.60. The molecular formula is C16H24O2. The van der Waals surface area contributed by atoms with Crippen LogP contribution in [0.25, 0.3) is 0 Å². The van der Waals surface area contributed by atoms with Gasteiger partial charge < -0.3 is 10.2 Å². The molecule has 1 aliphatic carbocycles. The summed E-state index contributed by atoms with van der Waals surface area (Å²) in [6.07, 6.45) is 7.52. The van der Waals surface area contributed by atoms with Crippen LogP contribution in [-0.2, 0) is 0 Å². The number of aliphatic hydroxyl groups excluding tert-OH is 1. The summed E-state index contributed by atoms with van der Waals surface area (Å²) in [5.41, 5.74) is 0.530. The van der Waals surface area contributed by atoms with E-state index in [4.69, 9.17) is 0 Å². The molecule has 1 saturated carbocycles. The molecule has 2 rings (SSSR count). The van der Waals surface area contributed by atoms with Crippen molar-refractivity contribution in [2.45, 2.75) is 63.1 Å². The van der Waals surface area contributed by atoms with E-state index in [1.54, 1.807) is 0 Å². The lowest BCUT2D eigenvalue weighted by Crippen LogP contribution is -2.31. The maximum atomic E-state index is 10.4. The largest absolute Gasteiger partial charge is 0.390 e. The molecule has 1 aromatic rings. The first-order valence-electron chi connectivity index (χ1n) is 7.15. The SMILES string of the molecule is OC(CCCC1(O)CCCCC1)c1ccccc1. The highest BCUT2D eigenvalue weighted by Gasteiger charge is 2.28. The third kappa shape index (κ3) is 3.82. The van der Waals surface area contributed by atoms with Gasteiger partial charge in [0.05, 0.1) is 11.7 Å². The summed E-state index contributed by atoms with van der Waals surface area (Å²) < 4.78 is 0. The van der Waals surface area contributed by atoms with Gasteiger partial charge in [-0.1, -0.05) is 49.6 Å². The lowest BCUT2D eigenvalue weighted by molar-refractivity contribution is -0.00836. The van der Waals surface area contributed by atoms with Crippen LogP contribution < -0.4 is 0 Å². The molecule has 0 radical (unpaired) electrons. The second kappa shape index (κ2) is 6.35. The number of aliphatic hydroxyl groups is 2. The van der Waals surface area contributed by atoms with E-state index < -0.39 is 11.7 Å². The molecule has 0 saturated heterocycles. The monoisotopic (exact) mass is 248 g/mol. The van der Waals surface area contributed by atoms with E-state index in [1.807, 2.05) is 30.3 Å². The van der Waals surface area contributed by atoms with Gasteiger partial charge in [0.2, 0.25) is 0 Å². The predicted molar refractivity (Wildman–Crippen MR) is 73.3 cm³/mol. The van der Waals surface area contributed by atoms with Crippen LogP contribution in [-0.4, -0.2) is 15.8 Å². The standard InChI is InChI=1S/C16H24O2/c17-15(14-8-3-1-4-9-14)10-7-13-16(18)11-5-2-6-12-16/h1,3-4,8-9,15,17-18H,2,5-7,10-13H2. The quantitative estimate of drug-likeness (QED) is 0.836. The molecule has 0 amide bonds. The maximum absolute atomic E-state index is 10.4. The van der Waals surface area contributed by atoms with Gasteiger partial charge in [-0.25, -0.2) is 0 Å². The first-order valence-corrected chi connectivity index (χ1v) is 7.15. The van der Waals surface area contributed by atoms with E-state index in [-0.39, 0.29) is 0 Å². The van der Waals surface area contributed by atoms with Crippen LogP contribution in [0.3, 0.4) is 0 Å². The van der Waals surface area contributed by atoms with Crippen LogP contribution in [0.5, 0.6) is 0 Å². The predicted octanol–water partition coefficient (Wildman–Crippen LogP) is 3.59. The Balaban J connectivity index is 1.75. The van der Waals surface area contributed by atoms with Gasteiger partial charge in [0.15, 0.2) is 0 Å². The van der Waals surface area contributed by atoms with Crippen molar-refractivity contribution in [3.8, 4) is 0 Å². The molecule has 0 spiro atoms. The summed E-state index contributed by atoms with van der Waals surface area (Å²) in [4.78, 5) is 0. The van der Waals surface area contributed by atoms with Gasteiger partial charge in [-0.3, -0.25) is 0 Å². The van der Waals surface area contributed by atoms with E-state index in [0.717, 1.165) is 50.5 Å². The molecule has 0 aliphatic heterocycles.